The summed E-state index contributed by atoms with van der Waals surface area (Å²) in [5.74, 6) is 0. The summed E-state index contributed by atoms with van der Waals surface area (Å²) in [6.45, 7) is 4.70. The smallest absolute Gasteiger partial charge is 0.310 e. The van der Waals surface area contributed by atoms with Crippen LogP contribution in [0.3, 0.4) is 0 Å². The number of anilines is 1. The molecule has 1 N–H and O–H groups in total. The van der Waals surface area contributed by atoms with Crippen LogP contribution in [0.15, 0.2) is 47.4 Å². The van der Waals surface area contributed by atoms with E-state index in [1.54, 1.807) is 0 Å². The average Bonchev–Trinajstić information content (AvgIpc) is 2.68. The lowest BCUT2D eigenvalue weighted by molar-refractivity contribution is -0.386. The summed E-state index contributed by atoms with van der Waals surface area (Å²) in [7, 11) is -3.69. The highest BCUT2D eigenvalue weighted by Crippen LogP contribution is 2.32. The van der Waals surface area contributed by atoms with Gasteiger partial charge in [-0.05, 0) is 49.6 Å². The number of hydrogen-bond acceptors (Lipinski definition) is 6. The molecule has 1 aliphatic heterocycles. The van der Waals surface area contributed by atoms with E-state index in [1.165, 1.54) is 43.0 Å². The van der Waals surface area contributed by atoms with E-state index in [2.05, 4.69) is 29.3 Å². The van der Waals surface area contributed by atoms with Crippen LogP contribution in [0.2, 0.25) is 0 Å². The van der Waals surface area contributed by atoms with Crippen molar-refractivity contribution in [3.63, 3.8) is 0 Å². The van der Waals surface area contributed by atoms with Crippen molar-refractivity contribution in [2.75, 3.05) is 18.1 Å². The predicted octanol–water partition coefficient (Wildman–Crippen LogP) is 3.98. The highest BCUT2D eigenvalue weighted by molar-refractivity contribution is 7.90. The summed E-state index contributed by atoms with van der Waals surface area (Å²) in [5, 5.41) is 14.5. The molecule has 2 aromatic rings. The van der Waals surface area contributed by atoms with Gasteiger partial charge in [-0.2, -0.15) is 0 Å². The Morgan fingerprint density at radius 1 is 1.14 bits per heavy atom. The fourth-order valence-electron chi connectivity index (χ4n) is 3.74. The molecular weight excluding hydrogens is 390 g/mol. The van der Waals surface area contributed by atoms with Crippen molar-refractivity contribution >= 4 is 21.2 Å². The highest BCUT2D eigenvalue weighted by Gasteiger charge is 2.26. The number of nitrogens with one attached hydrogen (secondary N) is 1. The van der Waals surface area contributed by atoms with Gasteiger partial charge < -0.3 is 5.32 Å². The minimum Gasteiger partial charge on any atom is -0.375 e. The third-order valence-electron chi connectivity index (χ3n) is 5.41. The normalized spacial score (nSPS) is 17.8. The first-order valence-electron chi connectivity index (χ1n) is 9.79. The van der Waals surface area contributed by atoms with Crippen LogP contribution in [0, 0.1) is 10.1 Å². The van der Waals surface area contributed by atoms with Gasteiger partial charge in [0.15, 0.2) is 9.84 Å². The highest BCUT2D eigenvalue weighted by atomic mass is 32.2. The molecule has 1 heterocycles. The van der Waals surface area contributed by atoms with Gasteiger partial charge in [0.25, 0.3) is 0 Å². The van der Waals surface area contributed by atoms with Crippen molar-refractivity contribution in [1.29, 1.82) is 0 Å². The van der Waals surface area contributed by atoms with E-state index in [-0.39, 0.29) is 10.6 Å². The third kappa shape index (κ3) is 5.33. The largest absolute Gasteiger partial charge is 0.375 e. The van der Waals surface area contributed by atoms with Gasteiger partial charge in [-0.15, -0.1) is 0 Å². The van der Waals surface area contributed by atoms with E-state index >= 15 is 0 Å². The van der Waals surface area contributed by atoms with Crippen molar-refractivity contribution in [3.8, 4) is 0 Å². The second-order valence-corrected chi connectivity index (χ2v) is 9.65. The van der Waals surface area contributed by atoms with E-state index in [4.69, 9.17) is 0 Å². The molecule has 0 spiro atoms. The number of para-hydroxylation sites is 1. The van der Waals surface area contributed by atoms with Crippen molar-refractivity contribution in [3.05, 3.63) is 63.7 Å². The molecule has 0 bridgehead atoms. The summed E-state index contributed by atoms with van der Waals surface area (Å²) in [4.78, 5) is 13.0. The molecule has 1 saturated heterocycles. The van der Waals surface area contributed by atoms with Crippen molar-refractivity contribution in [2.45, 2.75) is 50.2 Å². The maximum absolute atomic E-state index is 11.9. The monoisotopic (exact) mass is 417 g/mol. The molecule has 0 aromatic heterocycles. The molecule has 0 aliphatic carbocycles. The van der Waals surface area contributed by atoms with Crippen molar-refractivity contribution in [2.24, 2.45) is 0 Å². The minimum atomic E-state index is -3.69. The van der Waals surface area contributed by atoms with Gasteiger partial charge in [0, 0.05) is 25.4 Å². The maximum atomic E-state index is 11.9. The van der Waals surface area contributed by atoms with Gasteiger partial charge in [-0.25, -0.2) is 8.42 Å². The standard InChI is InChI=1S/C21H27N3O4S/c1-16-6-3-4-13-23(16)15-18-11-9-17(10-12-18)14-22-19-7-5-8-20(29(2,27)28)21(19)24(25)26/h5,7-12,16,22H,3-4,6,13-15H2,1-2H3. The Bertz CT molecular complexity index is 974. The number of nitrogens with zero attached hydrogens (tertiary/aromatic N) is 2. The molecule has 1 atom stereocenters. The fourth-order valence-corrected chi connectivity index (χ4v) is 4.60. The quantitative estimate of drug-likeness (QED) is 0.541. The summed E-state index contributed by atoms with van der Waals surface area (Å²) in [6.07, 6.45) is 4.76. The van der Waals surface area contributed by atoms with Gasteiger partial charge in [0.2, 0.25) is 0 Å². The number of likely N-dealkylation sites (tertiary alicyclic amines) is 1. The molecule has 29 heavy (non-hydrogen) atoms. The van der Waals surface area contributed by atoms with Crippen LogP contribution in [0.1, 0.15) is 37.3 Å². The third-order valence-corrected chi connectivity index (χ3v) is 6.54. The molecule has 8 heteroatoms. The number of nitro groups is 1. The summed E-state index contributed by atoms with van der Waals surface area (Å²) < 4.78 is 23.7. The Hall–Kier alpha value is -2.45. The van der Waals surface area contributed by atoms with Gasteiger partial charge >= 0.3 is 5.69 Å². The topological polar surface area (TPSA) is 92.6 Å². The molecule has 0 radical (unpaired) electrons. The lowest BCUT2D eigenvalue weighted by atomic mass is 10.0. The molecule has 1 aliphatic rings. The number of hydrogen-bond donors (Lipinski definition) is 1. The van der Waals surface area contributed by atoms with Gasteiger partial charge in [-0.3, -0.25) is 15.0 Å². The first kappa shape index (κ1) is 21.3. The maximum Gasteiger partial charge on any atom is 0.310 e. The number of sulfone groups is 1. The number of rotatable bonds is 7. The second-order valence-electron chi connectivity index (χ2n) is 7.67. The lowest BCUT2D eigenvalue weighted by Crippen LogP contribution is -2.36. The molecular formula is C21H27N3O4S. The first-order valence-corrected chi connectivity index (χ1v) is 11.7. The van der Waals surface area contributed by atoms with Crippen LogP contribution in [0.25, 0.3) is 0 Å². The number of benzene rings is 2. The van der Waals surface area contributed by atoms with Crippen molar-refractivity contribution < 1.29 is 13.3 Å². The van der Waals surface area contributed by atoms with E-state index in [9.17, 15) is 18.5 Å². The zero-order valence-corrected chi connectivity index (χ0v) is 17.6. The zero-order chi connectivity index (χ0) is 21.0. The summed E-state index contributed by atoms with van der Waals surface area (Å²) in [5.41, 5.74) is 2.00. The predicted molar refractivity (Wildman–Crippen MR) is 114 cm³/mol. The molecule has 156 valence electrons. The van der Waals surface area contributed by atoms with Crippen LogP contribution < -0.4 is 5.32 Å². The van der Waals surface area contributed by atoms with E-state index in [0.717, 1.165) is 24.9 Å². The molecule has 0 saturated carbocycles. The number of nitro benzene ring substituents is 1. The van der Waals surface area contributed by atoms with Crippen LogP contribution in [-0.2, 0) is 22.9 Å². The van der Waals surface area contributed by atoms with E-state index < -0.39 is 20.4 Å². The van der Waals surface area contributed by atoms with Gasteiger partial charge in [-0.1, -0.05) is 36.8 Å². The zero-order valence-electron chi connectivity index (χ0n) is 16.8. The Kier molecular flexibility index (Phi) is 6.54. The van der Waals surface area contributed by atoms with Gasteiger partial charge in [0.1, 0.15) is 10.6 Å². The van der Waals surface area contributed by atoms with Crippen LogP contribution in [0.5, 0.6) is 0 Å². The molecule has 0 amide bonds. The van der Waals surface area contributed by atoms with E-state index in [1.807, 2.05) is 12.1 Å². The number of piperidine rings is 1. The fraction of sp³-hybridized carbons (Fsp3) is 0.429. The minimum absolute atomic E-state index is 0.198. The van der Waals surface area contributed by atoms with Crippen LogP contribution in [0.4, 0.5) is 11.4 Å². The Morgan fingerprint density at radius 3 is 2.45 bits per heavy atom. The molecule has 2 aromatic carbocycles. The molecule has 7 nitrogen and oxygen atoms in total. The lowest BCUT2D eigenvalue weighted by Gasteiger charge is -2.33. The van der Waals surface area contributed by atoms with Crippen molar-refractivity contribution in [1.82, 2.24) is 4.90 Å². The summed E-state index contributed by atoms with van der Waals surface area (Å²) >= 11 is 0. The SMILES string of the molecule is CC1CCCCN1Cc1ccc(CNc2cccc(S(C)(=O)=O)c2[N+](=O)[O-])cc1. The first-order chi connectivity index (χ1) is 13.8. The molecule has 1 unspecified atom stereocenters. The Balaban J connectivity index is 1.70. The van der Waals surface area contributed by atoms with Gasteiger partial charge in [0.05, 0.1) is 4.92 Å². The average molecular weight is 418 g/mol. The summed E-state index contributed by atoms with van der Waals surface area (Å²) in [6, 6.07) is 13.1. The Labute approximate surface area is 171 Å². The van der Waals surface area contributed by atoms with Crippen LogP contribution in [-0.4, -0.2) is 37.1 Å². The Morgan fingerprint density at radius 2 is 1.83 bits per heavy atom. The molecule has 1 fully saturated rings. The second kappa shape index (κ2) is 8.92. The van der Waals surface area contributed by atoms with E-state index in [0.29, 0.717) is 12.6 Å². The molecule has 3 rings (SSSR count). The van der Waals surface area contributed by atoms with Crippen LogP contribution >= 0.6 is 0 Å².